The van der Waals surface area contributed by atoms with Crippen molar-refractivity contribution in [3.63, 3.8) is 0 Å². The van der Waals surface area contributed by atoms with Gasteiger partial charge in [0.25, 0.3) is 0 Å². The van der Waals surface area contributed by atoms with E-state index in [1.165, 1.54) is 11.3 Å². The average Bonchev–Trinajstić information content (AvgIpc) is 2.99. The zero-order valence-electron chi connectivity index (χ0n) is 13.7. The smallest absolute Gasteiger partial charge is 0.308 e. The second-order valence-electron chi connectivity index (χ2n) is 5.31. The Morgan fingerprint density at radius 1 is 1.16 bits per heavy atom. The van der Waals surface area contributed by atoms with E-state index in [9.17, 15) is 4.79 Å². The van der Waals surface area contributed by atoms with Crippen LogP contribution in [0.15, 0.2) is 54.6 Å². The summed E-state index contributed by atoms with van der Waals surface area (Å²) in [6, 6.07) is 17.2. The fourth-order valence-corrected chi connectivity index (χ4v) is 3.40. The molecule has 1 heterocycles. The number of hydrogen-bond acceptors (Lipinski definition) is 5. The molecule has 0 radical (unpaired) electrons. The number of hydrogen-bond donors (Lipinski definition) is 2. The van der Waals surface area contributed by atoms with E-state index in [-0.39, 0.29) is 6.42 Å². The van der Waals surface area contributed by atoms with Crippen LogP contribution in [0.25, 0.3) is 11.3 Å². The third kappa shape index (κ3) is 4.36. The Balaban J connectivity index is 1.86. The van der Waals surface area contributed by atoms with Crippen LogP contribution in [0, 0.1) is 0 Å². The Bertz CT molecular complexity index is 845. The molecular formula is C19H18N2O3S. The predicted molar refractivity (Wildman–Crippen MR) is 99.8 cm³/mol. The van der Waals surface area contributed by atoms with Gasteiger partial charge >= 0.3 is 5.97 Å². The minimum atomic E-state index is -0.867. The first-order valence-corrected chi connectivity index (χ1v) is 8.74. The van der Waals surface area contributed by atoms with Crippen molar-refractivity contribution in [3.8, 4) is 17.0 Å². The number of nitrogens with zero attached hydrogens (tertiary/aromatic N) is 1. The Hall–Kier alpha value is -2.86. The van der Waals surface area contributed by atoms with Gasteiger partial charge in [-0.05, 0) is 31.2 Å². The zero-order chi connectivity index (χ0) is 17.6. The van der Waals surface area contributed by atoms with Gasteiger partial charge in [0.05, 0.1) is 18.7 Å². The van der Waals surface area contributed by atoms with Crippen LogP contribution >= 0.6 is 11.3 Å². The van der Waals surface area contributed by atoms with Gasteiger partial charge in [-0.15, -0.1) is 11.3 Å². The number of thiazole rings is 1. The topological polar surface area (TPSA) is 71.5 Å². The molecule has 0 amide bonds. The van der Waals surface area contributed by atoms with Crippen molar-refractivity contribution >= 4 is 28.1 Å². The monoisotopic (exact) mass is 354 g/mol. The Morgan fingerprint density at radius 3 is 2.52 bits per heavy atom. The maximum absolute atomic E-state index is 11.2. The normalized spacial score (nSPS) is 10.4. The molecule has 3 rings (SSSR count). The number of ether oxygens (including phenoxy) is 1. The van der Waals surface area contributed by atoms with Gasteiger partial charge in [0, 0.05) is 16.1 Å². The van der Waals surface area contributed by atoms with E-state index >= 15 is 0 Å². The summed E-state index contributed by atoms with van der Waals surface area (Å²) in [5, 5.41) is 13.1. The fraction of sp³-hybridized carbons (Fsp3) is 0.158. The third-order valence-electron chi connectivity index (χ3n) is 3.47. The molecule has 6 heteroatoms. The highest BCUT2D eigenvalue weighted by Gasteiger charge is 2.15. The van der Waals surface area contributed by atoms with Gasteiger partial charge in [0.2, 0.25) is 0 Å². The van der Waals surface area contributed by atoms with Crippen molar-refractivity contribution in [2.45, 2.75) is 13.3 Å². The molecule has 0 aliphatic rings. The molecule has 0 saturated carbocycles. The van der Waals surface area contributed by atoms with E-state index < -0.39 is 5.97 Å². The van der Waals surface area contributed by atoms with Crippen molar-refractivity contribution in [1.29, 1.82) is 0 Å². The number of rotatable bonds is 7. The van der Waals surface area contributed by atoms with Crippen LogP contribution in [0.2, 0.25) is 0 Å². The first-order valence-electron chi connectivity index (χ1n) is 7.92. The van der Waals surface area contributed by atoms with E-state index in [1.54, 1.807) is 0 Å². The van der Waals surface area contributed by atoms with Crippen LogP contribution in [0.4, 0.5) is 10.8 Å². The van der Waals surface area contributed by atoms with Gasteiger partial charge in [-0.2, -0.15) is 0 Å². The number of nitrogens with one attached hydrogen (secondary N) is 1. The molecule has 25 heavy (non-hydrogen) atoms. The van der Waals surface area contributed by atoms with E-state index in [2.05, 4.69) is 10.3 Å². The molecule has 0 atom stereocenters. The van der Waals surface area contributed by atoms with Crippen molar-refractivity contribution in [2.75, 3.05) is 11.9 Å². The van der Waals surface area contributed by atoms with Crippen LogP contribution in [-0.4, -0.2) is 22.7 Å². The molecule has 0 fully saturated rings. The highest BCUT2D eigenvalue weighted by molar-refractivity contribution is 7.16. The standard InChI is InChI=1S/C19H18N2O3S/c1-2-24-15-10-8-14(9-11-15)20-19-21-18(13-6-4-3-5-7-13)16(25-19)12-17(22)23/h3-11H,2,12H2,1H3,(H,20,21)(H,22,23). The van der Waals surface area contributed by atoms with Crippen LogP contribution in [0.5, 0.6) is 5.75 Å². The zero-order valence-corrected chi connectivity index (χ0v) is 14.5. The highest BCUT2D eigenvalue weighted by Crippen LogP contribution is 2.33. The lowest BCUT2D eigenvalue weighted by Crippen LogP contribution is -1.99. The molecule has 3 aromatic rings. The summed E-state index contributed by atoms with van der Waals surface area (Å²) in [6.45, 7) is 2.56. The van der Waals surface area contributed by atoms with Gasteiger partial charge in [-0.3, -0.25) is 4.79 Å². The summed E-state index contributed by atoms with van der Waals surface area (Å²) >= 11 is 1.36. The molecule has 5 nitrogen and oxygen atoms in total. The molecule has 0 spiro atoms. The van der Waals surface area contributed by atoms with E-state index in [0.29, 0.717) is 17.4 Å². The van der Waals surface area contributed by atoms with E-state index in [4.69, 9.17) is 9.84 Å². The molecular weight excluding hydrogens is 336 g/mol. The summed E-state index contributed by atoms with van der Waals surface area (Å²) in [4.78, 5) is 16.5. The maximum Gasteiger partial charge on any atom is 0.308 e. The largest absolute Gasteiger partial charge is 0.494 e. The number of carbonyl (C=O) groups is 1. The maximum atomic E-state index is 11.2. The van der Waals surface area contributed by atoms with Gasteiger partial charge < -0.3 is 15.2 Å². The number of carboxylic acid groups (broad SMARTS) is 1. The Labute approximate surface area is 149 Å². The van der Waals surface area contributed by atoms with Gasteiger partial charge in [0.15, 0.2) is 5.13 Å². The molecule has 128 valence electrons. The number of carboxylic acids is 1. The van der Waals surface area contributed by atoms with Crippen LogP contribution in [0.3, 0.4) is 0 Å². The minimum Gasteiger partial charge on any atom is -0.494 e. The molecule has 0 aliphatic carbocycles. The molecule has 0 unspecified atom stereocenters. The SMILES string of the molecule is CCOc1ccc(Nc2nc(-c3ccccc3)c(CC(=O)O)s2)cc1. The number of anilines is 2. The number of benzene rings is 2. The lowest BCUT2D eigenvalue weighted by molar-refractivity contribution is -0.136. The summed E-state index contributed by atoms with van der Waals surface area (Å²) in [6.07, 6.45) is -0.0488. The van der Waals surface area contributed by atoms with Crippen LogP contribution in [0.1, 0.15) is 11.8 Å². The van der Waals surface area contributed by atoms with Crippen molar-refractivity contribution < 1.29 is 14.6 Å². The predicted octanol–water partition coefficient (Wildman–Crippen LogP) is 4.58. The summed E-state index contributed by atoms with van der Waals surface area (Å²) < 4.78 is 5.43. The lowest BCUT2D eigenvalue weighted by atomic mass is 10.1. The summed E-state index contributed by atoms with van der Waals surface area (Å²) in [7, 11) is 0. The fourth-order valence-electron chi connectivity index (χ4n) is 2.41. The van der Waals surface area contributed by atoms with Crippen LogP contribution in [-0.2, 0) is 11.2 Å². The molecule has 1 aromatic heterocycles. The van der Waals surface area contributed by atoms with E-state index in [0.717, 1.165) is 21.9 Å². The number of aliphatic carboxylic acids is 1. The molecule has 2 aromatic carbocycles. The number of aromatic nitrogens is 1. The summed E-state index contributed by atoms with van der Waals surface area (Å²) in [5.74, 6) is -0.0582. The average molecular weight is 354 g/mol. The Morgan fingerprint density at radius 2 is 1.88 bits per heavy atom. The second-order valence-corrected chi connectivity index (χ2v) is 6.39. The molecule has 0 aliphatic heterocycles. The molecule has 0 saturated heterocycles. The first-order chi connectivity index (χ1) is 12.2. The van der Waals surface area contributed by atoms with Gasteiger partial charge in [-0.25, -0.2) is 4.98 Å². The lowest BCUT2D eigenvalue weighted by Gasteiger charge is -2.05. The minimum absolute atomic E-state index is 0.0488. The summed E-state index contributed by atoms with van der Waals surface area (Å²) in [5.41, 5.74) is 2.50. The van der Waals surface area contributed by atoms with Crippen LogP contribution < -0.4 is 10.1 Å². The molecule has 0 bridgehead atoms. The van der Waals surface area contributed by atoms with E-state index in [1.807, 2.05) is 61.5 Å². The van der Waals surface area contributed by atoms with Crippen molar-refractivity contribution in [3.05, 3.63) is 59.5 Å². The quantitative estimate of drug-likeness (QED) is 0.650. The van der Waals surface area contributed by atoms with Crippen molar-refractivity contribution in [1.82, 2.24) is 4.98 Å². The van der Waals surface area contributed by atoms with Crippen molar-refractivity contribution in [2.24, 2.45) is 0 Å². The van der Waals surface area contributed by atoms with Gasteiger partial charge in [0.1, 0.15) is 5.75 Å². The second kappa shape index (κ2) is 7.81. The first kappa shape index (κ1) is 17.0. The Kier molecular flexibility index (Phi) is 5.30. The van der Waals surface area contributed by atoms with Gasteiger partial charge in [-0.1, -0.05) is 30.3 Å². The molecule has 2 N–H and O–H groups in total. The highest BCUT2D eigenvalue weighted by atomic mass is 32.1. The third-order valence-corrected chi connectivity index (χ3v) is 4.44.